The molecular weight excluding hydrogens is 261 g/mol. The van der Waals surface area contributed by atoms with Gasteiger partial charge < -0.3 is 4.42 Å². The van der Waals surface area contributed by atoms with Crippen LogP contribution in [0.3, 0.4) is 0 Å². The molecule has 0 aliphatic rings. The topological polar surface area (TPSA) is 13.1 Å². The number of hydrogen-bond acceptors (Lipinski definition) is 1. The normalized spacial score (nSPS) is 6.67. The van der Waals surface area contributed by atoms with Gasteiger partial charge in [0.05, 0.1) is 0 Å². The Morgan fingerprint density at radius 2 is 2.33 bits per heavy atom. The van der Waals surface area contributed by atoms with E-state index in [1.54, 1.807) is 18.4 Å². The first-order valence-corrected chi connectivity index (χ1v) is 1.40. The SMILES string of the molecule is [Au+].[c-]1ccco1. The van der Waals surface area contributed by atoms with Crippen LogP contribution in [0.25, 0.3) is 0 Å². The molecule has 1 nitrogen and oxygen atoms in total. The third-order valence-electron chi connectivity index (χ3n) is 0.379. The summed E-state index contributed by atoms with van der Waals surface area (Å²) in [6.45, 7) is 0. The maximum Gasteiger partial charge on any atom is 1.00 e. The standard InChI is InChI=1S/C4H3O.Au/c1-2-4-5-3-1;/h1-3H;/q-1;+1. The van der Waals surface area contributed by atoms with Crippen LogP contribution in [0.4, 0.5) is 0 Å². The Hall–Kier alpha value is 0.0203. The Balaban J connectivity index is 0.000000250. The average Bonchev–Trinajstić information content (AvgIpc) is 1.76. The zero-order valence-corrected chi connectivity index (χ0v) is 5.11. The van der Waals surface area contributed by atoms with Gasteiger partial charge in [-0.1, -0.05) is 6.26 Å². The summed E-state index contributed by atoms with van der Waals surface area (Å²) in [5.74, 6) is 0. The van der Waals surface area contributed by atoms with E-state index < -0.39 is 0 Å². The minimum Gasteiger partial charge on any atom is -0.599 e. The zero-order chi connectivity index (χ0) is 3.54. The van der Waals surface area contributed by atoms with Crippen molar-refractivity contribution in [2.24, 2.45) is 0 Å². The van der Waals surface area contributed by atoms with Crippen molar-refractivity contribution in [1.29, 1.82) is 0 Å². The second-order valence-electron chi connectivity index (χ2n) is 0.731. The maximum atomic E-state index is 4.46. The molecule has 1 rings (SSSR count). The van der Waals surface area contributed by atoms with Crippen LogP contribution in [0, 0.1) is 6.26 Å². The molecule has 0 bridgehead atoms. The van der Waals surface area contributed by atoms with Crippen LogP contribution in [0.2, 0.25) is 0 Å². The van der Waals surface area contributed by atoms with Crippen molar-refractivity contribution in [3.8, 4) is 0 Å². The molecule has 1 aromatic heterocycles. The Bertz CT molecular complexity index is 64.0. The van der Waals surface area contributed by atoms with Crippen molar-refractivity contribution in [2.45, 2.75) is 0 Å². The van der Waals surface area contributed by atoms with Gasteiger partial charge in [0.1, 0.15) is 0 Å². The van der Waals surface area contributed by atoms with Crippen LogP contribution in [0.15, 0.2) is 22.8 Å². The molecule has 2 heteroatoms. The molecular formula is C4H3AuO. The van der Waals surface area contributed by atoms with Crippen molar-refractivity contribution in [2.75, 3.05) is 0 Å². The molecule has 0 unspecified atom stereocenters. The molecule has 36 valence electrons. The molecule has 0 spiro atoms. The molecule has 1 aromatic rings. The van der Waals surface area contributed by atoms with Crippen molar-refractivity contribution in [1.82, 2.24) is 0 Å². The van der Waals surface area contributed by atoms with Crippen LogP contribution in [-0.2, 0) is 22.4 Å². The van der Waals surface area contributed by atoms with Gasteiger partial charge in [0.2, 0.25) is 0 Å². The first kappa shape index (κ1) is 6.02. The smallest absolute Gasteiger partial charge is 0.599 e. The van der Waals surface area contributed by atoms with Crippen LogP contribution in [0.5, 0.6) is 0 Å². The Labute approximate surface area is 51.9 Å². The quantitative estimate of drug-likeness (QED) is 0.505. The molecule has 0 saturated heterocycles. The summed E-state index contributed by atoms with van der Waals surface area (Å²) in [5.41, 5.74) is 0. The molecule has 0 aliphatic heterocycles. The summed E-state index contributed by atoms with van der Waals surface area (Å²) in [5, 5.41) is 0. The van der Waals surface area contributed by atoms with Crippen molar-refractivity contribution >= 4 is 0 Å². The molecule has 0 aliphatic carbocycles. The van der Waals surface area contributed by atoms with E-state index in [-0.39, 0.29) is 22.4 Å². The number of furan rings is 1. The summed E-state index contributed by atoms with van der Waals surface area (Å²) in [7, 11) is 0. The van der Waals surface area contributed by atoms with Crippen LogP contribution >= 0.6 is 0 Å². The Morgan fingerprint density at radius 3 is 2.50 bits per heavy atom. The molecule has 0 aromatic carbocycles. The fourth-order valence-electron chi connectivity index (χ4n) is 0.196. The number of hydrogen-bond donors (Lipinski definition) is 0. The molecule has 0 N–H and O–H groups in total. The van der Waals surface area contributed by atoms with Gasteiger partial charge in [0.25, 0.3) is 0 Å². The van der Waals surface area contributed by atoms with Crippen molar-refractivity contribution in [3.63, 3.8) is 0 Å². The van der Waals surface area contributed by atoms with Gasteiger partial charge >= 0.3 is 22.4 Å². The summed E-state index contributed by atoms with van der Waals surface area (Å²) < 4.78 is 4.46. The molecule has 0 fully saturated rings. The van der Waals surface area contributed by atoms with Crippen LogP contribution in [0.1, 0.15) is 0 Å². The first-order chi connectivity index (χ1) is 2.50. The minimum atomic E-state index is 0. The zero-order valence-electron chi connectivity index (χ0n) is 2.94. The van der Waals surface area contributed by atoms with E-state index in [0.29, 0.717) is 0 Å². The largest absolute Gasteiger partial charge is 1.00 e. The van der Waals surface area contributed by atoms with E-state index in [1.807, 2.05) is 0 Å². The number of rotatable bonds is 0. The fraction of sp³-hybridized carbons (Fsp3) is 0. The van der Waals surface area contributed by atoms with Gasteiger partial charge in [-0.3, -0.25) is 0 Å². The van der Waals surface area contributed by atoms with Crippen LogP contribution in [-0.4, -0.2) is 0 Å². The predicted octanol–water partition coefficient (Wildman–Crippen LogP) is 1.08. The molecule has 0 atom stereocenters. The van der Waals surface area contributed by atoms with Gasteiger partial charge in [-0.25, -0.2) is 0 Å². The predicted molar refractivity (Wildman–Crippen MR) is 17.5 cm³/mol. The van der Waals surface area contributed by atoms with Crippen LogP contribution < -0.4 is 0 Å². The van der Waals surface area contributed by atoms with Gasteiger partial charge in [0, 0.05) is 0 Å². The summed E-state index contributed by atoms with van der Waals surface area (Å²) in [6.07, 6.45) is 4.06. The second kappa shape index (κ2) is 3.22. The average molecular weight is 264 g/mol. The molecule has 0 amide bonds. The van der Waals surface area contributed by atoms with Gasteiger partial charge in [-0.15, -0.1) is 6.07 Å². The second-order valence-corrected chi connectivity index (χ2v) is 0.731. The summed E-state index contributed by atoms with van der Waals surface area (Å²) >= 11 is 0. The molecule has 0 saturated carbocycles. The van der Waals surface area contributed by atoms with Crippen molar-refractivity contribution < 1.29 is 26.8 Å². The fourth-order valence-corrected chi connectivity index (χ4v) is 0.196. The Morgan fingerprint density at radius 1 is 1.50 bits per heavy atom. The van der Waals surface area contributed by atoms with Crippen molar-refractivity contribution in [3.05, 3.63) is 24.7 Å². The maximum absolute atomic E-state index is 4.46. The third kappa shape index (κ3) is 1.46. The van der Waals surface area contributed by atoms with E-state index in [4.69, 9.17) is 0 Å². The van der Waals surface area contributed by atoms with Gasteiger partial charge in [-0.05, 0) is 6.26 Å². The summed E-state index contributed by atoms with van der Waals surface area (Å²) in [4.78, 5) is 0. The van der Waals surface area contributed by atoms with E-state index in [0.717, 1.165) is 0 Å². The molecule has 1 heterocycles. The Kier molecular flexibility index (Phi) is 3.23. The monoisotopic (exact) mass is 264 g/mol. The van der Waals surface area contributed by atoms with E-state index >= 15 is 0 Å². The van der Waals surface area contributed by atoms with Gasteiger partial charge in [-0.2, -0.15) is 6.07 Å². The molecule has 0 radical (unpaired) electrons. The summed E-state index contributed by atoms with van der Waals surface area (Å²) in [6, 6.07) is 3.49. The third-order valence-corrected chi connectivity index (χ3v) is 0.379. The minimum absolute atomic E-state index is 0. The molecule has 6 heavy (non-hydrogen) atoms. The van der Waals surface area contributed by atoms with E-state index in [9.17, 15) is 0 Å². The van der Waals surface area contributed by atoms with E-state index in [1.165, 1.54) is 0 Å². The first-order valence-electron chi connectivity index (χ1n) is 1.40. The van der Waals surface area contributed by atoms with Gasteiger partial charge in [0.15, 0.2) is 0 Å². The van der Waals surface area contributed by atoms with E-state index in [2.05, 4.69) is 10.7 Å².